The first kappa shape index (κ1) is 17.8. The van der Waals surface area contributed by atoms with Crippen molar-refractivity contribution < 1.29 is 4.74 Å². The van der Waals surface area contributed by atoms with Crippen LogP contribution in [0, 0.1) is 0 Å². The number of hydrogen-bond donors (Lipinski definition) is 1. The monoisotopic (exact) mass is 379 g/mol. The van der Waals surface area contributed by atoms with Gasteiger partial charge >= 0.3 is 0 Å². The number of nitrogens with zero attached hydrogens (tertiary/aromatic N) is 4. The maximum Gasteiger partial charge on any atom is 0.162 e. The number of morpholine rings is 1. The third-order valence-electron chi connectivity index (χ3n) is 4.49. The molecule has 27 heavy (non-hydrogen) atoms. The summed E-state index contributed by atoms with van der Waals surface area (Å²) in [6, 6.07) is 11.6. The SMILES string of the molecule is CSc1c(-c2ccncc2)nc(-c2ccc(N)cc2)nc1N1CCOCC1. The van der Waals surface area contributed by atoms with E-state index >= 15 is 0 Å². The van der Waals surface area contributed by atoms with Crippen LogP contribution in [0.2, 0.25) is 0 Å². The Labute approximate surface area is 162 Å². The first-order chi connectivity index (χ1) is 13.3. The number of nitrogen functional groups attached to an aromatic ring is 1. The second-order valence-corrected chi connectivity index (χ2v) is 7.03. The van der Waals surface area contributed by atoms with Crippen LogP contribution >= 0.6 is 11.8 Å². The molecule has 1 aliphatic rings. The predicted octanol–water partition coefficient (Wildman–Crippen LogP) is 3.35. The zero-order valence-corrected chi connectivity index (χ0v) is 15.9. The van der Waals surface area contributed by atoms with E-state index in [2.05, 4.69) is 16.1 Å². The Balaban J connectivity index is 1.90. The number of aromatic nitrogens is 3. The molecule has 4 rings (SSSR count). The molecule has 3 aromatic rings. The van der Waals surface area contributed by atoms with E-state index in [4.69, 9.17) is 20.4 Å². The van der Waals surface area contributed by atoms with Crippen molar-refractivity contribution in [2.24, 2.45) is 0 Å². The van der Waals surface area contributed by atoms with Gasteiger partial charge in [-0.2, -0.15) is 0 Å². The molecule has 0 radical (unpaired) electrons. The van der Waals surface area contributed by atoms with E-state index in [1.165, 1.54) is 0 Å². The molecule has 6 nitrogen and oxygen atoms in total. The molecule has 7 heteroatoms. The Morgan fingerprint density at radius 2 is 1.67 bits per heavy atom. The van der Waals surface area contributed by atoms with Crippen molar-refractivity contribution in [3.05, 3.63) is 48.8 Å². The number of benzene rings is 1. The third-order valence-corrected chi connectivity index (χ3v) is 5.27. The first-order valence-corrected chi connectivity index (χ1v) is 10.0. The average molecular weight is 379 g/mol. The number of thioether (sulfide) groups is 1. The van der Waals surface area contributed by atoms with Gasteiger partial charge in [-0.25, -0.2) is 9.97 Å². The predicted molar refractivity (Wildman–Crippen MR) is 110 cm³/mol. The van der Waals surface area contributed by atoms with Crippen LogP contribution in [0.5, 0.6) is 0 Å². The van der Waals surface area contributed by atoms with Crippen molar-refractivity contribution >= 4 is 23.3 Å². The second kappa shape index (κ2) is 7.94. The average Bonchev–Trinajstić information content (AvgIpc) is 2.74. The normalized spacial score (nSPS) is 14.3. The topological polar surface area (TPSA) is 77.2 Å². The Morgan fingerprint density at radius 1 is 0.963 bits per heavy atom. The Kier molecular flexibility index (Phi) is 5.22. The molecule has 0 saturated carbocycles. The molecule has 0 amide bonds. The van der Waals surface area contributed by atoms with Crippen LogP contribution < -0.4 is 10.6 Å². The van der Waals surface area contributed by atoms with Gasteiger partial charge in [-0.15, -0.1) is 11.8 Å². The Bertz CT molecular complexity index is 912. The van der Waals surface area contributed by atoms with Gasteiger partial charge in [0, 0.05) is 42.3 Å². The van der Waals surface area contributed by atoms with E-state index < -0.39 is 0 Å². The van der Waals surface area contributed by atoms with Gasteiger partial charge in [0.05, 0.1) is 23.8 Å². The first-order valence-electron chi connectivity index (χ1n) is 8.81. The molecular formula is C20H21N5OS. The maximum absolute atomic E-state index is 5.84. The van der Waals surface area contributed by atoms with E-state index in [-0.39, 0.29) is 0 Å². The lowest BCUT2D eigenvalue weighted by Crippen LogP contribution is -2.37. The van der Waals surface area contributed by atoms with Gasteiger partial charge < -0.3 is 15.4 Å². The smallest absolute Gasteiger partial charge is 0.162 e. The number of nitrogens with two attached hydrogens (primary N) is 1. The van der Waals surface area contributed by atoms with Gasteiger partial charge in [-0.05, 0) is 42.7 Å². The minimum atomic E-state index is 0.695. The molecule has 0 bridgehead atoms. The second-order valence-electron chi connectivity index (χ2n) is 6.21. The van der Waals surface area contributed by atoms with Crippen molar-refractivity contribution in [3.8, 4) is 22.6 Å². The fourth-order valence-corrected chi connectivity index (χ4v) is 3.80. The molecule has 2 N–H and O–H groups in total. The molecule has 2 aromatic heterocycles. The van der Waals surface area contributed by atoms with Gasteiger partial charge in [0.25, 0.3) is 0 Å². The summed E-state index contributed by atoms with van der Waals surface area (Å²) >= 11 is 1.67. The third kappa shape index (κ3) is 3.74. The summed E-state index contributed by atoms with van der Waals surface area (Å²) in [6.07, 6.45) is 5.65. The minimum absolute atomic E-state index is 0.695. The zero-order valence-electron chi connectivity index (χ0n) is 15.1. The molecule has 138 valence electrons. The van der Waals surface area contributed by atoms with Crippen LogP contribution in [-0.2, 0) is 4.74 Å². The summed E-state index contributed by atoms with van der Waals surface area (Å²) in [5, 5.41) is 0. The molecule has 1 aliphatic heterocycles. The van der Waals surface area contributed by atoms with Gasteiger partial charge in [0.15, 0.2) is 5.82 Å². The van der Waals surface area contributed by atoms with Crippen LogP contribution in [0.1, 0.15) is 0 Å². The van der Waals surface area contributed by atoms with Crippen LogP contribution in [0.4, 0.5) is 11.5 Å². The largest absolute Gasteiger partial charge is 0.399 e. The number of hydrogen-bond acceptors (Lipinski definition) is 7. The summed E-state index contributed by atoms with van der Waals surface area (Å²) in [6.45, 7) is 3.06. The van der Waals surface area contributed by atoms with E-state index in [9.17, 15) is 0 Å². The highest BCUT2D eigenvalue weighted by atomic mass is 32.2. The summed E-state index contributed by atoms with van der Waals surface area (Å²) in [7, 11) is 0. The summed E-state index contributed by atoms with van der Waals surface area (Å²) in [5.41, 5.74) is 9.47. The summed E-state index contributed by atoms with van der Waals surface area (Å²) in [5.74, 6) is 1.65. The number of rotatable bonds is 4. The van der Waals surface area contributed by atoms with Crippen molar-refractivity contribution in [1.29, 1.82) is 0 Å². The van der Waals surface area contributed by atoms with E-state index in [0.29, 0.717) is 19.0 Å². The molecule has 0 atom stereocenters. The van der Waals surface area contributed by atoms with Crippen LogP contribution in [0.3, 0.4) is 0 Å². The molecule has 0 spiro atoms. The van der Waals surface area contributed by atoms with Gasteiger partial charge in [-0.3, -0.25) is 4.98 Å². The Hall–Kier alpha value is -2.64. The lowest BCUT2D eigenvalue weighted by Gasteiger charge is -2.30. The minimum Gasteiger partial charge on any atom is -0.399 e. The fraction of sp³-hybridized carbons (Fsp3) is 0.250. The van der Waals surface area contributed by atoms with Crippen molar-refractivity contribution in [3.63, 3.8) is 0 Å². The van der Waals surface area contributed by atoms with Gasteiger partial charge in [0.1, 0.15) is 5.82 Å². The van der Waals surface area contributed by atoms with Crippen molar-refractivity contribution in [2.75, 3.05) is 43.2 Å². The van der Waals surface area contributed by atoms with Gasteiger partial charge in [-0.1, -0.05) is 0 Å². The highest BCUT2D eigenvalue weighted by Crippen LogP contribution is 2.37. The highest BCUT2D eigenvalue weighted by molar-refractivity contribution is 7.98. The van der Waals surface area contributed by atoms with Crippen molar-refractivity contribution in [2.45, 2.75) is 4.90 Å². The number of ether oxygens (including phenoxy) is 1. The zero-order chi connectivity index (χ0) is 18.6. The van der Waals surface area contributed by atoms with E-state index in [0.717, 1.165) is 46.3 Å². The maximum atomic E-state index is 5.84. The summed E-state index contributed by atoms with van der Waals surface area (Å²) < 4.78 is 5.52. The van der Waals surface area contributed by atoms with Gasteiger partial charge in [0.2, 0.25) is 0 Å². The fourth-order valence-electron chi connectivity index (χ4n) is 3.08. The van der Waals surface area contributed by atoms with Crippen LogP contribution in [-0.4, -0.2) is 47.5 Å². The molecule has 1 saturated heterocycles. The molecule has 0 unspecified atom stereocenters. The number of pyridine rings is 1. The van der Waals surface area contributed by atoms with Crippen LogP contribution in [0.25, 0.3) is 22.6 Å². The standard InChI is InChI=1S/C20H21N5OS/c1-27-18-17(14-6-8-22-9-7-14)23-19(15-2-4-16(21)5-3-15)24-20(18)25-10-12-26-13-11-25/h2-9H,10-13,21H2,1H3. The quantitative estimate of drug-likeness (QED) is 0.550. The van der Waals surface area contributed by atoms with Crippen LogP contribution in [0.15, 0.2) is 53.7 Å². The molecule has 0 aliphatic carbocycles. The molecule has 1 aromatic carbocycles. The highest BCUT2D eigenvalue weighted by Gasteiger charge is 2.22. The molecule has 1 fully saturated rings. The Morgan fingerprint density at radius 3 is 2.33 bits per heavy atom. The molecular weight excluding hydrogens is 358 g/mol. The lowest BCUT2D eigenvalue weighted by molar-refractivity contribution is 0.122. The van der Waals surface area contributed by atoms with E-state index in [1.54, 1.807) is 24.2 Å². The van der Waals surface area contributed by atoms with Crippen molar-refractivity contribution in [1.82, 2.24) is 15.0 Å². The number of anilines is 2. The summed E-state index contributed by atoms with van der Waals surface area (Å²) in [4.78, 5) is 17.3. The molecule has 3 heterocycles. The lowest BCUT2D eigenvalue weighted by atomic mass is 10.1. The van der Waals surface area contributed by atoms with E-state index in [1.807, 2.05) is 36.4 Å².